The second-order valence-electron chi connectivity index (χ2n) is 11.5. The molecule has 3 aliphatic heterocycles. The van der Waals surface area contributed by atoms with Crippen LogP contribution in [0.2, 0.25) is 5.02 Å². The van der Waals surface area contributed by atoms with Crippen molar-refractivity contribution in [2.75, 3.05) is 45.9 Å². The molecule has 44 heavy (non-hydrogen) atoms. The zero-order valence-electron chi connectivity index (χ0n) is 24.9. The molecule has 13 heteroatoms. The number of benzene rings is 1. The number of nitrogens with one attached hydrogen (secondary N) is 1. The van der Waals surface area contributed by atoms with Crippen LogP contribution in [0.1, 0.15) is 44.7 Å². The van der Waals surface area contributed by atoms with E-state index >= 15 is 0 Å². The first-order valence-electron chi connectivity index (χ1n) is 14.8. The summed E-state index contributed by atoms with van der Waals surface area (Å²) in [6, 6.07) is 3.23. The van der Waals surface area contributed by atoms with Crippen LogP contribution in [0.4, 0.5) is 9.18 Å². The maximum Gasteiger partial charge on any atom is 0.338 e. The van der Waals surface area contributed by atoms with Crippen LogP contribution >= 0.6 is 23.4 Å². The van der Waals surface area contributed by atoms with Crippen LogP contribution < -0.4 is 5.32 Å². The fourth-order valence-electron chi connectivity index (χ4n) is 6.22. The number of carboxylic acids is 1. The second kappa shape index (κ2) is 13.3. The van der Waals surface area contributed by atoms with Gasteiger partial charge in [-0.2, -0.15) is 0 Å². The SMILES string of the molecule is C=C(S/C=C\C)C1=N[C@@H](c2cccc(F)c2Cl)C(C(=O)OCC)=C(CN2CCN3C(=O)N(CC4(C(=O)O)CCC4)C[C@@H]3C2)N1. The Morgan fingerprint density at radius 2 is 2.09 bits per heavy atom. The number of carbonyl (C=O) groups excluding carboxylic acids is 2. The summed E-state index contributed by atoms with van der Waals surface area (Å²) >= 11 is 7.79. The Balaban J connectivity index is 1.43. The van der Waals surface area contributed by atoms with Crippen LogP contribution in [0, 0.1) is 11.2 Å². The van der Waals surface area contributed by atoms with Crippen molar-refractivity contribution in [3.8, 4) is 0 Å². The van der Waals surface area contributed by atoms with E-state index in [1.807, 2.05) is 23.3 Å². The number of esters is 1. The van der Waals surface area contributed by atoms with Gasteiger partial charge in [0.25, 0.3) is 0 Å². The highest BCUT2D eigenvalue weighted by atomic mass is 35.5. The molecule has 1 aromatic rings. The standard InChI is InChI=1S/C31H37ClFN5O5S/c1-4-14-44-19(3)27-34-23(24(28(39)43-5-2)26(35-27)21-8-6-9-22(33)25(21)32)17-36-12-13-38-20(15-36)16-37(30(38)42)18-31(29(40)41)10-7-11-31/h4,6,8-9,14,20,26H,3,5,7,10-13,15-18H2,1-2H3,(H,34,35)(H,40,41)/b14-4-/t20-,26-/m0/s1. The predicted molar refractivity (Wildman–Crippen MR) is 168 cm³/mol. The van der Waals surface area contributed by atoms with Crippen molar-refractivity contribution in [2.24, 2.45) is 10.4 Å². The summed E-state index contributed by atoms with van der Waals surface area (Å²) in [6.07, 6.45) is 3.89. The van der Waals surface area contributed by atoms with Gasteiger partial charge in [-0.3, -0.25) is 14.7 Å². The fraction of sp³-hybridized carbons (Fsp3) is 0.484. The minimum absolute atomic E-state index is 0.126. The van der Waals surface area contributed by atoms with E-state index < -0.39 is 29.2 Å². The summed E-state index contributed by atoms with van der Waals surface area (Å²) in [7, 11) is 0. The molecule has 0 spiro atoms. The van der Waals surface area contributed by atoms with Crippen LogP contribution in [-0.2, 0) is 14.3 Å². The maximum atomic E-state index is 14.6. The number of rotatable bonds is 11. The molecule has 3 fully saturated rings. The number of nitrogens with zero attached hydrogens (tertiary/aromatic N) is 4. The number of fused-ring (bicyclic) bond motifs is 1. The Kier molecular flexibility index (Phi) is 9.71. The third kappa shape index (κ3) is 6.25. The van der Waals surface area contributed by atoms with Gasteiger partial charge in [-0.1, -0.05) is 54.6 Å². The number of aliphatic imine (C=N–C) groups is 1. The molecule has 2 atom stereocenters. The lowest BCUT2D eigenvalue weighted by atomic mass is 9.68. The quantitative estimate of drug-likeness (QED) is 0.330. The number of amides is 2. The zero-order valence-corrected chi connectivity index (χ0v) is 26.4. The first-order chi connectivity index (χ1) is 21.1. The first kappa shape index (κ1) is 32.1. The lowest BCUT2D eigenvalue weighted by molar-refractivity contribution is -0.155. The lowest BCUT2D eigenvalue weighted by Gasteiger charge is -2.40. The van der Waals surface area contributed by atoms with Crippen LogP contribution in [0.3, 0.4) is 0 Å². The highest BCUT2D eigenvalue weighted by Crippen LogP contribution is 2.43. The molecule has 0 bridgehead atoms. The number of halogens is 2. The number of aliphatic carboxylic acids is 1. The van der Waals surface area contributed by atoms with Crippen molar-refractivity contribution >= 4 is 47.2 Å². The average molecular weight is 646 g/mol. The fourth-order valence-corrected chi connectivity index (χ4v) is 6.97. The molecule has 10 nitrogen and oxygen atoms in total. The second-order valence-corrected chi connectivity index (χ2v) is 12.8. The smallest absolute Gasteiger partial charge is 0.338 e. The van der Waals surface area contributed by atoms with Gasteiger partial charge >= 0.3 is 18.0 Å². The highest BCUT2D eigenvalue weighted by Gasteiger charge is 2.50. The molecule has 2 N–H and O–H groups in total. The summed E-state index contributed by atoms with van der Waals surface area (Å²) in [5.74, 6) is -1.62. The number of hydrogen-bond acceptors (Lipinski definition) is 8. The van der Waals surface area contributed by atoms with E-state index in [0.29, 0.717) is 67.6 Å². The molecular formula is C31H37ClFN5O5S. The predicted octanol–water partition coefficient (Wildman–Crippen LogP) is 4.80. The molecule has 4 aliphatic rings. The van der Waals surface area contributed by atoms with Crippen LogP contribution in [-0.4, -0.2) is 95.5 Å². The van der Waals surface area contributed by atoms with Gasteiger partial charge in [0.2, 0.25) is 0 Å². The van der Waals surface area contributed by atoms with Gasteiger partial charge in [-0.15, -0.1) is 0 Å². The molecule has 0 radical (unpaired) electrons. The number of carbonyl (C=O) groups is 3. The average Bonchev–Trinajstić information content (AvgIpc) is 3.28. The number of ether oxygens (including phenoxy) is 1. The molecule has 236 valence electrons. The highest BCUT2D eigenvalue weighted by molar-refractivity contribution is 8.06. The Labute approximate surface area is 265 Å². The molecule has 0 unspecified atom stereocenters. The van der Waals surface area contributed by atoms with E-state index in [9.17, 15) is 23.9 Å². The van der Waals surface area contributed by atoms with Gasteiger partial charge in [-0.25, -0.2) is 14.0 Å². The maximum absolute atomic E-state index is 14.6. The number of hydrogen-bond donors (Lipinski definition) is 2. The number of urea groups is 1. The third-order valence-electron chi connectivity index (χ3n) is 8.66. The molecular weight excluding hydrogens is 609 g/mol. The van der Waals surface area contributed by atoms with Gasteiger partial charge in [0.15, 0.2) is 0 Å². The van der Waals surface area contributed by atoms with Gasteiger partial charge in [-0.05, 0) is 38.2 Å². The molecule has 3 heterocycles. The zero-order chi connectivity index (χ0) is 31.6. The van der Waals surface area contributed by atoms with Gasteiger partial charge < -0.3 is 25.0 Å². The largest absolute Gasteiger partial charge is 0.481 e. The summed E-state index contributed by atoms with van der Waals surface area (Å²) in [4.78, 5) is 49.7. The van der Waals surface area contributed by atoms with E-state index in [-0.39, 0.29) is 35.8 Å². The van der Waals surface area contributed by atoms with Gasteiger partial charge in [0.1, 0.15) is 17.7 Å². The van der Waals surface area contributed by atoms with E-state index in [4.69, 9.17) is 21.3 Å². The Morgan fingerprint density at radius 3 is 2.75 bits per heavy atom. The molecule has 2 saturated heterocycles. The normalized spacial score (nSPS) is 23.3. The van der Waals surface area contributed by atoms with Gasteiger partial charge in [0.05, 0.1) is 28.7 Å². The molecule has 2 amide bonds. The van der Waals surface area contributed by atoms with Crippen LogP contribution in [0.5, 0.6) is 0 Å². The third-order valence-corrected chi connectivity index (χ3v) is 9.95. The van der Waals surface area contributed by atoms with Crippen LogP contribution in [0.15, 0.2) is 57.4 Å². The molecule has 1 aromatic carbocycles. The van der Waals surface area contributed by atoms with E-state index in [1.54, 1.807) is 17.9 Å². The molecule has 1 saturated carbocycles. The Morgan fingerprint density at radius 1 is 1.32 bits per heavy atom. The number of amidine groups is 1. The molecule has 5 rings (SSSR count). The Bertz CT molecular complexity index is 1440. The monoisotopic (exact) mass is 645 g/mol. The van der Waals surface area contributed by atoms with E-state index in [1.165, 1.54) is 23.9 Å². The summed E-state index contributed by atoms with van der Waals surface area (Å²) in [6.45, 7) is 10.4. The number of thioether (sulfide) groups is 1. The molecule has 1 aliphatic carbocycles. The van der Waals surface area contributed by atoms with Crippen LogP contribution in [0.25, 0.3) is 0 Å². The number of allylic oxidation sites excluding steroid dienone is 1. The van der Waals surface area contributed by atoms with E-state index in [2.05, 4.69) is 16.8 Å². The van der Waals surface area contributed by atoms with Crippen molar-refractivity contribution in [3.05, 3.63) is 68.8 Å². The lowest BCUT2D eigenvalue weighted by Crippen LogP contribution is -2.53. The van der Waals surface area contributed by atoms with Crippen molar-refractivity contribution in [1.29, 1.82) is 0 Å². The van der Waals surface area contributed by atoms with Crippen molar-refractivity contribution in [2.45, 2.75) is 45.2 Å². The van der Waals surface area contributed by atoms with Gasteiger partial charge in [0, 0.05) is 55.4 Å². The summed E-state index contributed by atoms with van der Waals surface area (Å²) < 4.78 is 20.1. The number of carboxylic acid groups (broad SMARTS) is 1. The summed E-state index contributed by atoms with van der Waals surface area (Å²) in [5, 5.41) is 14.9. The number of piperazine rings is 1. The first-order valence-corrected chi connectivity index (χ1v) is 16.0. The minimum Gasteiger partial charge on any atom is -0.481 e. The minimum atomic E-state index is -0.939. The van der Waals surface area contributed by atoms with E-state index in [0.717, 1.165) is 6.42 Å². The van der Waals surface area contributed by atoms with Crippen molar-refractivity contribution < 1.29 is 28.6 Å². The Hall–Kier alpha value is -3.35. The van der Waals surface area contributed by atoms with Crippen molar-refractivity contribution in [1.82, 2.24) is 20.0 Å². The summed E-state index contributed by atoms with van der Waals surface area (Å²) in [5.41, 5.74) is 0.244. The topological polar surface area (TPSA) is 115 Å². The molecule has 0 aromatic heterocycles. The van der Waals surface area contributed by atoms with Crippen molar-refractivity contribution in [3.63, 3.8) is 0 Å².